The Labute approximate surface area is 403 Å². The SMILES string of the molecule is CC(=O)CC(=O)OC[C@H]1O[C@@H](O[C@H]2[C@H](OC(=O)CC(C)=O)[C@@H](OC(=O)CC(C)=O)C(OC(=O)CC(C)=O)O[C@@H]2COC(=O)CC(C)=O)[C@H](OC(=O)CC(C)=O)[C@@H](OC(=O)CC(C)=O)[C@H]1OC(=O)CC(C)=O. The van der Waals surface area contributed by atoms with E-state index in [1.165, 1.54) is 0 Å². The molecule has 0 aromatic carbocycles. The molecule has 2 fully saturated rings. The van der Waals surface area contributed by atoms with E-state index in [9.17, 15) is 76.7 Å². The maximum atomic E-state index is 13.4. The van der Waals surface area contributed by atoms with Gasteiger partial charge in [-0.15, -0.1) is 0 Å². The molecule has 2 saturated heterocycles. The van der Waals surface area contributed by atoms with Gasteiger partial charge in [0.1, 0.15) is 129 Å². The van der Waals surface area contributed by atoms with Crippen molar-refractivity contribution >= 4 is 94.0 Å². The van der Waals surface area contributed by atoms with Crippen LogP contribution in [0.15, 0.2) is 0 Å². The van der Waals surface area contributed by atoms with Gasteiger partial charge in [-0.2, -0.15) is 0 Å². The zero-order chi connectivity index (χ0) is 53.9. The second-order valence-corrected chi connectivity index (χ2v) is 16.3. The molecule has 0 N–H and O–H groups in total. The number of ketones is 8. The molecule has 0 aromatic rings. The molecule has 71 heavy (non-hydrogen) atoms. The molecule has 0 spiro atoms. The van der Waals surface area contributed by atoms with Crippen LogP contribution in [0.5, 0.6) is 0 Å². The van der Waals surface area contributed by atoms with Crippen LogP contribution in [-0.2, 0) is 129 Å². The molecule has 392 valence electrons. The Balaban J connectivity index is 3.12. The highest BCUT2D eigenvalue weighted by atomic mass is 16.8. The first kappa shape index (κ1) is 60.1. The fraction of sp³-hybridized carbons (Fsp3) is 0.636. The predicted molar refractivity (Wildman–Crippen MR) is 222 cm³/mol. The second kappa shape index (κ2) is 28.6. The Morgan fingerprint density at radius 1 is 0.282 bits per heavy atom. The fourth-order valence-electron chi connectivity index (χ4n) is 6.43. The summed E-state index contributed by atoms with van der Waals surface area (Å²) in [4.78, 5) is 201. The molecule has 0 aromatic heterocycles. The van der Waals surface area contributed by atoms with E-state index >= 15 is 0 Å². The quantitative estimate of drug-likeness (QED) is 0.0507. The minimum Gasteiger partial charge on any atom is -0.462 e. The smallest absolute Gasteiger partial charge is 0.315 e. The summed E-state index contributed by atoms with van der Waals surface area (Å²) in [6.07, 6.45) is -30.0. The molecule has 0 aliphatic carbocycles. The molecule has 27 heteroatoms. The summed E-state index contributed by atoms with van der Waals surface area (Å²) in [5, 5.41) is 0. The van der Waals surface area contributed by atoms with Crippen LogP contribution in [0.1, 0.15) is 107 Å². The minimum absolute atomic E-state index is 0.694. The molecule has 0 saturated carbocycles. The molecule has 2 rings (SSSR count). The third-order valence-electron chi connectivity index (χ3n) is 9.02. The lowest BCUT2D eigenvalue weighted by Crippen LogP contribution is -2.67. The lowest BCUT2D eigenvalue weighted by Gasteiger charge is -2.48. The van der Waals surface area contributed by atoms with Gasteiger partial charge >= 0.3 is 47.8 Å². The maximum absolute atomic E-state index is 13.4. The molecule has 27 nitrogen and oxygen atoms in total. The highest BCUT2D eigenvalue weighted by Gasteiger charge is 2.59. The number of hydrogen-bond acceptors (Lipinski definition) is 27. The number of rotatable bonds is 28. The van der Waals surface area contributed by atoms with Crippen molar-refractivity contribution in [3.63, 3.8) is 0 Å². The van der Waals surface area contributed by atoms with Gasteiger partial charge in [0.2, 0.25) is 12.4 Å². The monoisotopic (exact) mass is 1010 g/mol. The van der Waals surface area contributed by atoms with Crippen LogP contribution < -0.4 is 0 Å². The van der Waals surface area contributed by atoms with Crippen molar-refractivity contribution < 1.29 is 129 Å². The summed E-state index contributed by atoms with van der Waals surface area (Å²) in [6.45, 7) is 5.71. The Kier molecular flexibility index (Phi) is 24.2. The van der Waals surface area contributed by atoms with Gasteiger partial charge in [-0.25, -0.2) is 0 Å². The van der Waals surface area contributed by atoms with Crippen LogP contribution in [0.3, 0.4) is 0 Å². The number of esters is 8. The van der Waals surface area contributed by atoms with Gasteiger partial charge in [0.25, 0.3) is 0 Å². The van der Waals surface area contributed by atoms with E-state index in [-0.39, 0.29) is 0 Å². The van der Waals surface area contributed by atoms with E-state index in [1.54, 1.807) is 0 Å². The Morgan fingerprint density at radius 3 is 0.859 bits per heavy atom. The first-order valence-corrected chi connectivity index (χ1v) is 21.4. The molecule has 2 aliphatic heterocycles. The first-order chi connectivity index (χ1) is 33.0. The van der Waals surface area contributed by atoms with Crippen LogP contribution in [0.2, 0.25) is 0 Å². The van der Waals surface area contributed by atoms with Gasteiger partial charge < -0.3 is 52.1 Å². The number of ether oxygens (including phenoxy) is 11. The van der Waals surface area contributed by atoms with E-state index in [4.69, 9.17) is 52.1 Å². The van der Waals surface area contributed by atoms with E-state index in [1.807, 2.05) is 0 Å². The van der Waals surface area contributed by atoms with Gasteiger partial charge in [-0.05, 0) is 55.4 Å². The van der Waals surface area contributed by atoms with Gasteiger partial charge in [0.15, 0.2) is 30.7 Å². The minimum atomic E-state index is -2.43. The largest absolute Gasteiger partial charge is 0.462 e. The van der Waals surface area contributed by atoms with E-state index in [0.29, 0.717) is 0 Å². The Morgan fingerprint density at radius 2 is 0.521 bits per heavy atom. The van der Waals surface area contributed by atoms with Gasteiger partial charge in [0.05, 0.1) is 0 Å². The standard InChI is InChI=1S/C44H54O27/c1-19(45)9-29(53)61-17-27-37(65-31(55)11-21(3)47)39(66-32(56)12-22(4)48)42(69-35(59)15-25(7)51)44(64-27)71-38-28(18-62-30(54)10-20(2)46)63-43(70-36(60)16-26(8)52)41(68-34(58)14-24(6)50)40(38)67-33(57)13-23(5)49/h27-28,37-44H,9-18H2,1-8H3/t27-,28-,37+,38-,39+,40+,41-,42-,43?,44+/m1/s1. The average molecular weight is 1010 g/mol. The molecular weight excluding hydrogens is 960 g/mol. The molecule has 0 bridgehead atoms. The highest BCUT2D eigenvalue weighted by Crippen LogP contribution is 2.36. The van der Waals surface area contributed by atoms with Gasteiger partial charge in [-0.3, -0.25) is 76.7 Å². The Bertz CT molecular complexity index is 2120. The highest BCUT2D eigenvalue weighted by molar-refractivity contribution is 5.98. The van der Waals surface area contributed by atoms with Crippen molar-refractivity contribution in [2.75, 3.05) is 13.2 Å². The van der Waals surface area contributed by atoms with Crippen LogP contribution >= 0.6 is 0 Å². The molecule has 1 unspecified atom stereocenters. The van der Waals surface area contributed by atoms with Crippen LogP contribution in [0, 0.1) is 0 Å². The van der Waals surface area contributed by atoms with Crippen molar-refractivity contribution in [1.82, 2.24) is 0 Å². The van der Waals surface area contributed by atoms with Crippen LogP contribution in [0.25, 0.3) is 0 Å². The molecular formula is C44H54O27. The topological polar surface area (TPSA) is 375 Å². The summed E-state index contributed by atoms with van der Waals surface area (Å²) in [5.74, 6) is -17.0. The molecule has 0 radical (unpaired) electrons. The third-order valence-corrected chi connectivity index (χ3v) is 9.02. The van der Waals surface area contributed by atoms with Crippen molar-refractivity contribution in [3.05, 3.63) is 0 Å². The first-order valence-electron chi connectivity index (χ1n) is 21.4. The number of carbonyl (C=O) groups excluding carboxylic acids is 16. The molecule has 2 heterocycles. The Hall–Kier alpha value is -7.00. The fourth-order valence-corrected chi connectivity index (χ4v) is 6.43. The molecule has 10 atom stereocenters. The van der Waals surface area contributed by atoms with Gasteiger partial charge in [-0.1, -0.05) is 0 Å². The lowest BCUT2D eigenvalue weighted by atomic mass is 9.95. The van der Waals surface area contributed by atoms with Crippen molar-refractivity contribution in [3.8, 4) is 0 Å². The lowest BCUT2D eigenvalue weighted by molar-refractivity contribution is -0.358. The summed E-state index contributed by atoms with van der Waals surface area (Å²) in [7, 11) is 0. The number of Topliss-reactive ketones (excluding diaryl/α,β-unsaturated/α-hetero) is 8. The molecule has 2 aliphatic rings. The maximum Gasteiger partial charge on any atom is 0.315 e. The van der Waals surface area contributed by atoms with Crippen molar-refractivity contribution in [2.45, 2.75) is 168 Å². The zero-order valence-electron chi connectivity index (χ0n) is 39.9. The number of carbonyl (C=O) groups is 16. The van der Waals surface area contributed by atoms with Crippen molar-refractivity contribution in [2.24, 2.45) is 0 Å². The average Bonchev–Trinajstić information content (AvgIpc) is 3.18. The van der Waals surface area contributed by atoms with E-state index < -0.39 is 220 Å². The van der Waals surface area contributed by atoms with Crippen LogP contribution in [-0.4, -0.2) is 169 Å². The number of hydrogen-bond donors (Lipinski definition) is 0. The zero-order valence-corrected chi connectivity index (χ0v) is 39.9. The normalized spacial score (nSPS) is 23.5. The summed E-state index contributed by atoms with van der Waals surface area (Å²) in [6, 6.07) is 0. The van der Waals surface area contributed by atoms with Gasteiger partial charge in [0, 0.05) is 0 Å². The van der Waals surface area contributed by atoms with E-state index in [2.05, 4.69) is 0 Å². The summed E-state index contributed by atoms with van der Waals surface area (Å²) in [5.41, 5.74) is 0. The molecule has 0 amide bonds. The van der Waals surface area contributed by atoms with Crippen molar-refractivity contribution in [1.29, 1.82) is 0 Å². The summed E-state index contributed by atoms with van der Waals surface area (Å²) < 4.78 is 61.7. The third kappa shape index (κ3) is 22.1. The predicted octanol–water partition coefficient (Wildman–Crippen LogP) is -1.16. The van der Waals surface area contributed by atoms with E-state index in [0.717, 1.165) is 55.4 Å². The summed E-state index contributed by atoms with van der Waals surface area (Å²) >= 11 is 0. The second-order valence-electron chi connectivity index (χ2n) is 16.3. The van der Waals surface area contributed by atoms with Crippen LogP contribution in [0.4, 0.5) is 0 Å².